The van der Waals surface area contributed by atoms with Gasteiger partial charge < -0.3 is 5.11 Å². The van der Waals surface area contributed by atoms with Crippen molar-refractivity contribution in [2.24, 2.45) is 0 Å². The highest BCUT2D eigenvalue weighted by atomic mass is 19.4. The SMILES string of the molecule is Cc1cccc2c1cc(-c1ccc(C(F)(F)F)cc1)n2C(=O)O. The number of carbonyl (C=O) groups is 1. The van der Waals surface area contributed by atoms with E-state index in [1.807, 2.05) is 13.0 Å². The van der Waals surface area contributed by atoms with Gasteiger partial charge in [0.2, 0.25) is 0 Å². The summed E-state index contributed by atoms with van der Waals surface area (Å²) in [7, 11) is 0. The molecule has 0 saturated heterocycles. The summed E-state index contributed by atoms with van der Waals surface area (Å²) in [4.78, 5) is 11.6. The van der Waals surface area contributed by atoms with Crippen molar-refractivity contribution in [1.29, 1.82) is 0 Å². The normalized spacial score (nSPS) is 11.8. The Hall–Kier alpha value is -2.76. The number of hydrogen-bond donors (Lipinski definition) is 1. The molecular weight excluding hydrogens is 307 g/mol. The van der Waals surface area contributed by atoms with Crippen LogP contribution < -0.4 is 0 Å². The summed E-state index contributed by atoms with van der Waals surface area (Å²) in [6, 6.07) is 11.4. The van der Waals surface area contributed by atoms with Crippen LogP contribution in [0.1, 0.15) is 11.1 Å². The summed E-state index contributed by atoms with van der Waals surface area (Å²) in [6.07, 6.45) is -5.60. The fourth-order valence-corrected chi connectivity index (χ4v) is 2.63. The zero-order valence-corrected chi connectivity index (χ0v) is 12.1. The molecule has 3 nitrogen and oxygen atoms in total. The van der Waals surface area contributed by atoms with Crippen LogP contribution in [0.15, 0.2) is 48.5 Å². The van der Waals surface area contributed by atoms with Gasteiger partial charge in [-0.15, -0.1) is 0 Å². The Balaban J connectivity index is 2.22. The second kappa shape index (κ2) is 5.15. The molecule has 0 radical (unpaired) electrons. The van der Waals surface area contributed by atoms with Crippen LogP contribution in [0.4, 0.5) is 18.0 Å². The average Bonchev–Trinajstić information content (AvgIpc) is 2.87. The van der Waals surface area contributed by atoms with Crippen LogP contribution >= 0.6 is 0 Å². The molecule has 0 unspecified atom stereocenters. The minimum Gasteiger partial charge on any atom is -0.464 e. The molecule has 1 aromatic heterocycles. The molecule has 0 spiro atoms. The summed E-state index contributed by atoms with van der Waals surface area (Å²) in [5, 5.41) is 10.2. The Morgan fingerprint density at radius 1 is 1.09 bits per heavy atom. The molecule has 6 heteroatoms. The Morgan fingerprint density at radius 2 is 1.74 bits per heavy atom. The van der Waals surface area contributed by atoms with Gasteiger partial charge in [0.1, 0.15) is 0 Å². The van der Waals surface area contributed by atoms with Crippen molar-refractivity contribution < 1.29 is 23.1 Å². The minimum absolute atomic E-state index is 0.343. The fourth-order valence-electron chi connectivity index (χ4n) is 2.63. The van der Waals surface area contributed by atoms with Crippen LogP contribution in [0.3, 0.4) is 0 Å². The van der Waals surface area contributed by atoms with Crippen LogP contribution in [0.25, 0.3) is 22.2 Å². The van der Waals surface area contributed by atoms with E-state index in [1.54, 1.807) is 18.2 Å². The molecule has 0 amide bonds. The van der Waals surface area contributed by atoms with E-state index in [0.29, 0.717) is 16.8 Å². The Bertz CT molecular complexity index is 893. The van der Waals surface area contributed by atoms with Crippen LogP contribution in [0.5, 0.6) is 0 Å². The molecule has 0 aliphatic heterocycles. The molecule has 23 heavy (non-hydrogen) atoms. The molecule has 0 bridgehead atoms. The third-order valence-electron chi connectivity index (χ3n) is 3.76. The topological polar surface area (TPSA) is 42.2 Å². The molecule has 0 aliphatic carbocycles. The van der Waals surface area contributed by atoms with Gasteiger partial charge in [0.25, 0.3) is 0 Å². The lowest BCUT2D eigenvalue weighted by atomic mass is 10.1. The van der Waals surface area contributed by atoms with Crippen molar-refractivity contribution in [3.63, 3.8) is 0 Å². The van der Waals surface area contributed by atoms with Crippen LogP contribution in [0.2, 0.25) is 0 Å². The first-order chi connectivity index (χ1) is 10.8. The van der Waals surface area contributed by atoms with E-state index in [0.717, 1.165) is 27.6 Å². The summed E-state index contributed by atoms with van der Waals surface area (Å²) in [5.74, 6) is 0. The number of nitrogens with zero attached hydrogens (tertiary/aromatic N) is 1. The highest BCUT2D eigenvalue weighted by Crippen LogP contribution is 2.33. The lowest BCUT2D eigenvalue weighted by molar-refractivity contribution is -0.137. The van der Waals surface area contributed by atoms with Crippen molar-refractivity contribution in [2.45, 2.75) is 13.1 Å². The number of fused-ring (bicyclic) bond motifs is 1. The summed E-state index contributed by atoms with van der Waals surface area (Å²) in [6.45, 7) is 1.85. The van der Waals surface area contributed by atoms with Crippen molar-refractivity contribution >= 4 is 17.0 Å². The number of carboxylic acid groups (broad SMARTS) is 1. The minimum atomic E-state index is -4.42. The van der Waals surface area contributed by atoms with Gasteiger partial charge in [0, 0.05) is 5.39 Å². The third kappa shape index (κ3) is 2.56. The van der Waals surface area contributed by atoms with Crippen LogP contribution in [-0.4, -0.2) is 15.8 Å². The number of aromatic nitrogens is 1. The van der Waals surface area contributed by atoms with E-state index in [2.05, 4.69) is 0 Å². The van der Waals surface area contributed by atoms with Gasteiger partial charge in [-0.1, -0.05) is 24.3 Å². The largest absolute Gasteiger partial charge is 0.464 e. The average molecular weight is 319 g/mol. The number of hydrogen-bond acceptors (Lipinski definition) is 1. The third-order valence-corrected chi connectivity index (χ3v) is 3.76. The number of aryl methyl sites for hydroxylation is 1. The zero-order valence-electron chi connectivity index (χ0n) is 12.1. The highest BCUT2D eigenvalue weighted by Gasteiger charge is 2.30. The van der Waals surface area contributed by atoms with Gasteiger partial charge in [-0.05, 0) is 42.3 Å². The quantitative estimate of drug-likeness (QED) is 0.673. The van der Waals surface area contributed by atoms with E-state index in [1.165, 1.54) is 12.1 Å². The lowest BCUT2D eigenvalue weighted by Gasteiger charge is -2.09. The van der Waals surface area contributed by atoms with Crippen LogP contribution in [0, 0.1) is 6.92 Å². The molecule has 3 aromatic rings. The van der Waals surface area contributed by atoms with Crippen LogP contribution in [-0.2, 0) is 6.18 Å². The maximum Gasteiger partial charge on any atom is 0.416 e. The van der Waals surface area contributed by atoms with E-state index in [-0.39, 0.29) is 0 Å². The van der Waals surface area contributed by atoms with Gasteiger partial charge >= 0.3 is 12.3 Å². The number of alkyl halides is 3. The van der Waals surface area contributed by atoms with E-state index in [4.69, 9.17) is 0 Å². The molecular formula is C17H12F3NO2. The lowest BCUT2D eigenvalue weighted by Crippen LogP contribution is -2.09. The predicted molar refractivity (Wildman–Crippen MR) is 80.5 cm³/mol. The molecule has 2 aromatic carbocycles. The van der Waals surface area contributed by atoms with E-state index >= 15 is 0 Å². The number of rotatable bonds is 1. The zero-order chi connectivity index (χ0) is 16.8. The standard InChI is InChI=1S/C17H12F3NO2/c1-10-3-2-4-14-13(10)9-15(21(14)16(22)23)11-5-7-12(8-6-11)17(18,19)20/h2-9H,1H3,(H,22,23). The summed E-state index contributed by atoms with van der Waals surface area (Å²) in [5.41, 5.74) is 1.39. The maximum atomic E-state index is 12.7. The van der Waals surface area contributed by atoms with Gasteiger partial charge in [0.15, 0.2) is 0 Å². The monoisotopic (exact) mass is 319 g/mol. The molecule has 0 fully saturated rings. The Labute approximate surface area is 129 Å². The van der Waals surface area contributed by atoms with E-state index in [9.17, 15) is 23.1 Å². The molecule has 118 valence electrons. The van der Waals surface area contributed by atoms with Crippen molar-refractivity contribution in [1.82, 2.24) is 4.57 Å². The van der Waals surface area contributed by atoms with Gasteiger partial charge in [-0.2, -0.15) is 13.2 Å². The molecule has 0 atom stereocenters. The van der Waals surface area contributed by atoms with E-state index < -0.39 is 17.8 Å². The molecule has 0 saturated carbocycles. The second-order valence-electron chi connectivity index (χ2n) is 5.23. The van der Waals surface area contributed by atoms with Crippen molar-refractivity contribution in [2.75, 3.05) is 0 Å². The van der Waals surface area contributed by atoms with Crippen molar-refractivity contribution in [3.8, 4) is 11.3 Å². The summed E-state index contributed by atoms with van der Waals surface area (Å²) >= 11 is 0. The first-order valence-corrected chi connectivity index (χ1v) is 6.81. The summed E-state index contributed by atoms with van der Waals surface area (Å²) < 4.78 is 39.0. The molecule has 1 N–H and O–H groups in total. The van der Waals surface area contributed by atoms with Gasteiger partial charge in [0.05, 0.1) is 16.8 Å². The van der Waals surface area contributed by atoms with Gasteiger partial charge in [-0.25, -0.2) is 9.36 Å². The first kappa shape index (κ1) is 15.1. The first-order valence-electron chi connectivity index (χ1n) is 6.81. The Kier molecular flexibility index (Phi) is 3.39. The van der Waals surface area contributed by atoms with Crippen molar-refractivity contribution in [3.05, 3.63) is 59.7 Å². The fraction of sp³-hybridized carbons (Fsp3) is 0.118. The van der Waals surface area contributed by atoms with Gasteiger partial charge in [-0.3, -0.25) is 0 Å². The maximum absolute atomic E-state index is 12.7. The Morgan fingerprint density at radius 3 is 2.30 bits per heavy atom. The highest BCUT2D eigenvalue weighted by molar-refractivity contribution is 5.97. The second-order valence-corrected chi connectivity index (χ2v) is 5.23. The number of halogens is 3. The molecule has 1 heterocycles. The smallest absolute Gasteiger partial charge is 0.416 e. The molecule has 0 aliphatic rings. The predicted octanol–water partition coefficient (Wildman–Crippen LogP) is 5.16. The number of benzene rings is 2. The molecule has 3 rings (SSSR count).